The Morgan fingerprint density at radius 2 is 1.91 bits per heavy atom. The molecular formula is C21H19FN8O3. The number of aromatic nitrogens is 6. The minimum atomic E-state index is -1.73. The summed E-state index contributed by atoms with van der Waals surface area (Å²) in [6, 6.07) is 8.43. The minimum absolute atomic E-state index is 0.0751. The number of carbonyl (C=O) groups is 1. The smallest absolute Gasteiger partial charge is 0.262 e. The molecule has 0 aromatic carbocycles. The lowest BCUT2D eigenvalue weighted by atomic mass is 9.98. The summed E-state index contributed by atoms with van der Waals surface area (Å²) in [6.07, 6.45) is 3.09. The van der Waals surface area contributed by atoms with Crippen LogP contribution in [0.25, 0.3) is 22.8 Å². The van der Waals surface area contributed by atoms with Gasteiger partial charge in [0.1, 0.15) is 11.4 Å². The Bertz CT molecular complexity index is 1350. The molecule has 1 saturated heterocycles. The van der Waals surface area contributed by atoms with E-state index in [9.17, 15) is 14.3 Å². The zero-order valence-corrected chi connectivity index (χ0v) is 17.7. The van der Waals surface area contributed by atoms with E-state index in [2.05, 4.69) is 30.5 Å². The standard InChI is InChI=1S/C21H19FN8O3/c1-29-9-7-21(32,19(29)31)17-10-15(28-33-17)13-5-3-4-12(25-13)14-6-8-23-20(26-14)27-16-11-24-30(2)18(16)22/h3-6,8,10-11,32H,7,9H2,1-2H3,(H,23,26,27). The number of aliphatic hydroxyl groups is 1. The van der Waals surface area contributed by atoms with Gasteiger partial charge in [0, 0.05) is 39.3 Å². The monoisotopic (exact) mass is 450 g/mol. The SMILES string of the molecule is CN1CCC(O)(c2cc(-c3cccc(-c4ccnc(Nc5cnn(C)c5F)n4)n3)no2)C1=O. The van der Waals surface area contributed by atoms with Crippen LogP contribution < -0.4 is 5.32 Å². The van der Waals surface area contributed by atoms with Crippen molar-refractivity contribution in [3.63, 3.8) is 0 Å². The Hall–Kier alpha value is -4.19. The maximum atomic E-state index is 14.0. The van der Waals surface area contributed by atoms with Crippen LogP contribution in [-0.2, 0) is 17.4 Å². The van der Waals surface area contributed by atoms with E-state index in [4.69, 9.17) is 4.52 Å². The number of amides is 1. The Balaban J connectivity index is 1.42. The Morgan fingerprint density at radius 1 is 1.15 bits per heavy atom. The number of aryl methyl sites for hydroxylation is 1. The van der Waals surface area contributed by atoms with Crippen molar-refractivity contribution < 1.29 is 18.8 Å². The van der Waals surface area contributed by atoms with Crippen LogP contribution in [0.15, 0.2) is 47.2 Å². The molecule has 11 nitrogen and oxygen atoms in total. The molecular weight excluding hydrogens is 431 g/mol. The number of hydrogen-bond acceptors (Lipinski definition) is 9. The van der Waals surface area contributed by atoms with Crippen LogP contribution >= 0.6 is 0 Å². The van der Waals surface area contributed by atoms with Gasteiger partial charge in [0.05, 0.1) is 23.3 Å². The van der Waals surface area contributed by atoms with Gasteiger partial charge in [0.25, 0.3) is 5.91 Å². The number of nitrogens with zero attached hydrogens (tertiary/aromatic N) is 7. The molecule has 0 aliphatic carbocycles. The van der Waals surface area contributed by atoms with Gasteiger partial charge in [-0.05, 0) is 18.2 Å². The molecule has 4 aromatic rings. The van der Waals surface area contributed by atoms with Crippen LogP contribution in [-0.4, -0.2) is 59.4 Å². The zero-order chi connectivity index (χ0) is 23.2. The topological polar surface area (TPSA) is 135 Å². The quantitative estimate of drug-likeness (QED) is 0.467. The number of likely N-dealkylation sites (tertiary alicyclic amines) is 1. The normalized spacial score (nSPS) is 18.2. The first-order chi connectivity index (χ1) is 15.8. The number of carbonyl (C=O) groups excluding carboxylic acids is 1. The molecule has 1 amide bonds. The van der Waals surface area contributed by atoms with E-state index in [-0.39, 0.29) is 23.8 Å². The molecule has 5 heterocycles. The van der Waals surface area contributed by atoms with E-state index < -0.39 is 17.5 Å². The van der Waals surface area contributed by atoms with Crippen LogP contribution in [0.4, 0.5) is 16.0 Å². The summed E-state index contributed by atoms with van der Waals surface area (Å²) in [7, 11) is 3.11. The summed E-state index contributed by atoms with van der Waals surface area (Å²) in [6.45, 7) is 0.423. The minimum Gasteiger partial charge on any atom is -0.373 e. The highest BCUT2D eigenvalue weighted by molar-refractivity contribution is 5.87. The number of anilines is 2. The molecule has 1 aliphatic rings. The third-order valence-electron chi connectivity index (χ3n) is 5.47. The molecule has 0 bridgehead atoms. The summed E-state index contributed by atoms with van der Waals surface area (Å²) < 4.78 is 20.4. The second-order valence-corrected chi connectivity index (χ2v) is 7.68. The predicted octanol–water partition coefficient (Wildman–Crippen LogP) is 1.86. The van der Waals surface area contributed by atoms with Gasteiger partial charge in [-0.15, -0.1) is 0 Å². The van der Waals surface area contributed by atoms with Crippen molar-refractivity contribution in [1.29, 1.82) is 0 Å². The van der Waals surface area contributed by atoms with Crippen molar-refractivity contribution in [1.82, 2.24) is 34.8 Å². The van der Waals surface area contributed by atoms with Crippen LogP contribution in [0.3, 0.4) is 0 Å². The van der Waals surface area contributed by atoms with Crippen molar-refractivity contribution in [2.24, 2.45) is 7.05 Å². The fourth-order valence-electron chi connectivity index (χ4n) is 3.58. The lowest BCUT2D eigenvalue weighted by Gasteiger charge is -2.16. The highest BCUT2D eigenvalue weighted by Gasteiger charge is 2.48. The molecule has 1 fully saturated rings. The van der Waals surface area contributed by atoms with Crippen LogP contribution in [0.5, 0.6) is 0 Å². The Morgan fingerprint density at radius 3 is 2.61 bits per heavy atom. The highest BCUT2D eigenvalue weighted by atomic mass is 19.1. The average Bonchev–Trinajstić information content (AvgIpc) is 3.52. The molecule has 12 heteroatoms. The molecule has 4 aromatic heterocycles. The predicted molar refractivity (Wildman–Crippen MR) is 113 cm³/mol. The molecule has 5 rings (SSSR count). The highest BCUT2D eigenvalue weighted by Crippen LogP contribution is 2.34. The van der Waals surface area contributed by atoms with E-state index in [0.717, 1.165) is 4.68 Å². The summed E-state index contributed by atoms with van der Waals surface area (Å²) in [5.74, 6) is -0.718. The molecule has 1 unspecified atom stereocenters. The van der Waals surface area contributed by atoms with E-state index >= 15 is 0 Å². The summed E-state index contributed by atoms with van der Waals surface area (Å²) in [4.78, 5) is 26.8. The Labute approximate surface area is 186 Å². The van der Waals surface area contributed by atoms with Crippen molar-refractivity contribution in [3.8, 4) is 22.8 Å². The second kappa shape index (κ2) is 7.74. The van der Waals surface area contributed by atoms with Gasteiger partial charge in [0.15, 0.2) is 5.76 Å². The molecule has 2 N–H and O–H groups in total. The first-order valence-corrected chi connectivity index (χ1v) is 10.1. The molecule has 33 heavy (non-hydrogen) atoms. The van der Waals surface area contributed by atoms with E-state index in [1.165, 1.54) is 30.4 Å². The van der Waals surface area contributed by atoms with Gasteiger partial charge in [-0.1, -0.05) is 11.2 Å². The molecule has 0 saturated carbocycles. The maximum absolute atomic E-state index is 14.0. The van der Waals surface area contributed by atoms with E-state index in [1.54, 1.807) is 31.3 Å². The fourth-order valence-corrected chi connectivity index (χ4v) is 3.58. The number of hydrogen-bond donors (Lipinski definition) is 2. The summed E-state index contributed by atoms with van der Waals surface area (Å²) >= 11 is 0. The van der Waals surface area contributed by atoms with E-state index in [0.29, 0.717) is 29.3 Å². The van der Waals surface area contributed by atoms with Gasteiger partial charge < -0.3 is 19.8 Å². The lowest BCUT2D eigenvalue weighted by molar-refractivity contribution is -0.144. The summed E-state index contributed by atoms with van der Waals surface area (Å²) in [5.41, 5.74) is 0.269. The van der Waals surface area contributed by atoms with Crippen LogP contribution in [0, 0.1) is 5.95 Å². The average molecular weight is 450 g/mol. The number of likely N-dealkylation sites (N-methyl/N-ethyl adjacent to an activating group) is 1. The molecule has 168 valence electrons. The van der Waals surface area contributed by atoms with Crippen LogP contribution in [0.2, 0.25) is 0 Å². The van der Waals surface area contributed by atoms with Gasteiger partial charge in [-0.2, -0.15) is 9.49 Å². The lowest BCUT2D eigenvalue weighted by Crippen LogP contribution is -2.35. The second-order valence-electron chi connectivity index (χ2n) is 7.68. The molecule has 0 radical (unpaired) electrons. The first-order valence-electron chi connectivity index (χ1n) is 10.1. The zero-order valence-electron chi connectivity index (χ0n) is 17.7. The number of rotatable bonds is 5. The van der Waals surface area contributed by atoms with Gasteiger partial charge in [-0.3, -0.25) is 4.79 Å². The maximum Gasteiger partial charge on any atom is 0.262 e. The molecule has 1 atom stereocenters. The van der Waals surface area contributed by atoms with Crippen molar-refractivity contribution >= 4 is 17.5 Å². The number of nitrogens with one attached hydrogen (secondary N) is 1. The number of halogens is 1. The molecule has 1 aliphatic heterocycles. The molecule has 0 spiro atoms. The van der Waals surface area contributed by atoms with Crippen LogP contribution in [0.1, 0.15) is 12.2 Å². The third-order valence-corrected chi connectivity index (χ3v) is 5.47. The number of pyridine rings is 1. The van der Waals surface area contributed by atoms with Gasteiger partial charge >= 0.3 is 0 Å². The van der Waals surface area contributed by atoms with Crippen molar-refractivity contribution in [2.75, 3.05) is 18.9 Å². The van der Waals surface area contributed by atoms with Crippen molar-refractivity contribution in [3.05, 3.63) is 54.4 Å². The Kier molecular flexibility index (Phi) is 4.86. The fraction of sp³-hybridized carbons (Fsp3) is 0.238. The first kappa shape index (κ1) is 20.7. The van der Waals surface area contributed by atoms with Gasteiger partial charge in [0.2, 0.25) is 17.5 Å². The third kappa shape index (κ3) is 3.59. The van der Waals surface area contributed by atoms with Gasteiger partial charge in [-0.25, -0.2) is 19.6 Å². The van der Waals surface area contributed by atoms with Crippen molar-refractivity contribution in [2.45, 2.75) is 12.0 Å². The largest absolute Gasteiger partial charge is 0.373 e. The summed E-state index contributed by atoms with van der Waals surface area (Å²) in [5, 5.41) is 21.4. The van der Waals surface area contributed by atoms with E-state index in [1.807, 2.05) is 0 Å².